The Labute approximate surface area is 90.3 Å². The fourth-order valence-corrected chi connectivity index (χ4v) is 3.22. The lowest BCUT2D eigenvalue weighted by Crippen LogP contribution is -2.21. The van der Waals surface area contributed by atoms with Gasteiger partial charge in [-0.15, -0.1) is 0 Å². The molecule has 0 saturated heterocycles. The van der Waals surface area contributed by atoms with E-state index in [0.29, 0.717) is 6.92 Å². The van der Waals surface area contributed by atoms with Gasteiger partial charge in [-0.1, -0.05) is 0 Å². The van der Waals surface area contributed by atoms with Crippen molar-refractivity contribution in [1.82, 2.24) is 0 Å². The van der Waals surface area contributed by atoms with E-state index in [9.17, 15) is 13.7 Å². The standard InChI is InChI=1S/C4H11O9P3/c1-4(15(8,9)10,16(11,12)13)2-3-14(5,6)7/h2-3H,1H3,(H2,5,6,7)(H2,8,9,10)(H2,11,12,13)/b3-2+. The molecule has 0 atom stereocenters. The lowest BCUT2D eigenvalue weighted by molar-refractivity contribution is 0.326. The molecule has 0 amide bonds. The van der Waals surface area contributed by atoms with Gasteiger partial charge in [-0.05, 0) is 13.0 Å². The van der Waals surface area contributed by atoms with Crippen LogP contribution < -0.4 is 0 Å². The molecule has 0 heterocycles. The first kappa shape index (κ1) is 16.2. The maximum Gasteiger partial charge on any atom is 0.348 e. The van der Waals surface area contributed by atoms with Gasteiger partial charge in [0.25, 0.3) is 0 Å². The van der Waals surface area contributed by atoms with Crippen LogP contribution in [0.25, 0.3) is 0 Å². The van der Waals surface area contributed by atoms with E-state index in [-0.39, 0.29) is 11.9 Å². The molecule has 0 aliphatic heterocycles. The molecule has 0 unspecified atom stereocenters. The summed E-state index contributed by atoms with van der Waals surface area (Å²) in [7, 11) is -15.3. The molecule has 0 aromatic carbocycles. The van der Waals surface area contributed by atoms with Crippen LogP contribution >= 0.6 is 22.8 Å². The van der Waals surface area contributed by atoms with Gasteiger partial charge in [0.2, 0.25) is 0 Å². The average Bonchev–Trinajstić information content (AvgIpc) is 1.93. The fourth-order valence-electron chi connectivity index (χ4n) is 0.602. The molecule has 0 bridgehead atoms. The van der Waals surface area contributed by atoms with Gasteiger partial charge in [0, 0.05) is 5.82 Å². The summed E-state index contributed by atoms with van der Waals surface area (Å²) >= 11 is 0. The molecule has 16 heavy (non-hydrogen) atoms. The summed E-state index contributed by atoms with van der Waals surface area (Å²) in [5, 5.41) is 0. The van der Waals surface area contributed by atoms with Crippen molar-refractivity contribution in [1.29, 1.82) is 0 Å². The van der Waals surface area contributed by atoms with E-state index >= 15 is 0 Å². The van der Waals surface area contributed by atoms with E-state index in [2.05, 4.69) is 0 Å². The summed E-state index contributed by atoms with van der Waals surface area (Å²) in [4.78, 5) is 49.0. The minimum absolute atomic E-state index is 0.0468. The lowest BCUT2D eigenvalue weighted by atomic mass is 10.5. The van der Waals surface area contributed by atoms with Crippen LogP contribution in [0.2, 0.25) is 0 Å². The van der Waals surface area contributed by atoms with Crippen molar-refractivity contribution in [2.45, 2.75) is 11.8 Å². The highest BCUT2D eigenvalue weighted by Gasteiger charge is 2.54. The maximum absolute atomic E-state index is 10.9. The molecule has 0 fully saturated rings. The van der Waals surface area contributed by atoms with Gasteiger partial charge in [-0.2, -0.15) is 0 Å². The van der Waals surface area contributed by atoms with Crippen LogP contribution in [0.3, 0.4) is 0 Å². The van der Waals surface area contributed by atoms with Crippen LogP contribution in [0.5, 0.6) is 0 Å². The number of hydrogen-bond donors (Lipinski definition) is 6. The van der Waals surface area contributed by atoms with Gasteiger partial charge in [0.05, 0.1) is 0 Å². The van der Waals surface area contributed by atoms with Gasteiger partial charge in [0.1, 0.15) is 0 Å². The second-order valence-corrected chi connectivity index (χ2v) is 8.95. The SMILES string of the molecule is CC(/C=C/P(=O)(O)O)(P(=O)(O)O)P(=O)(O)O. The van der Waals surface area contributed by atoms with Crippen LogP contribution in [0.1, 0.15) is 6.92 Å². The van der Waals surface area contributed by atoms with Gasteiger partial charge < -0.3 is 29.4 Å². The Bertz CT molecular complexity index is 398. The largest absolute Gasteiger partial charge is 0.348 e. The summed E-state index contributed by atoms with van der Waals surface area (Å²) in [6, 6.07) is 0. The van der Waals surface area contributed by atoms with Crippen molar-refractivity contribution in [2.75, 3.05) is 0 Å². The molecule has 0 spiro atoms. The van der Waals surface area contributed by atoms with Gasteiger partial charge in [-0.3, -0.25) is 13.7 Å². The second-order valence-electron chi connectivity index (χ2n) is 3.09. The lowest BCUT2D eigenvalue weighted by Gasteiger charge is -2.27. The predicted molar refractivity (Wildman–Crippen MR) is 53.7 cm³/mol. The fraction of sp³-hybridized carbons (Fsp3) is 0.500. The van der Waals surface area contributed by atoms with Crippen molar-refractivity contribution in [3.63, 3.8) is 0 Å². The first-order valence-corrected chi connectivity index (χ1v) is 8.48. The summed E-state index contributed by atoms with van der Waals surface area (Å²) in [5.74, 6) is 0.0468. The minimum Gasteiger partial charge on any atom is -0.323 e. The molecule has 0 aromatic rings. The highest BCUT2D eigenvalue weighted by atomic mass is 31.2. The van der Waals surface area contributed by atoms with Gasteiger partial charge >= 0.3 is 22.8 Å². The molecular weight excluding hydrogens is 285 g/mol. The zero-order chi connectivity index (χ0) is 13.4. The quantitative estimate of drug-likeness (QED) is 0.382. The molecule has 12 heteroatoms. The Hall–Kier alpha value is 0.190. The van der Waals surface area contributed by atoms with Gasteiger partial charge in [0.15, 0.2) is 4.90 Å². The van der Waals surface area contributed by atoms with E-state index in [1.165, 1.54) is 0 Å². The van der Waals surface area contributed by atoms with Crippen LogP contribution in [0, 0.1) is 0 Å². The van der Waals surface area contributed by atoms with Gasteiger partial charge in [-0.25, -0.2) is 0 Å². The monoisotopic (exact) mass is 296 g/mol. The molecule has 0 aromatic heterocycles. The van der Waals surface area contributed by atoms with E-state index in [1.807, 2.05) is 0 Å². The zero-order valence-corrected chi connectivity index (χ0v) is 10.6. The maximum atomic E-state index is 10.9. The Morgan fingerprint density at radius 1 is 0.875 bits per heavy atom. The Balaban J connectivity index is 5.67. The van der Waals surface area contributed by atoms with E-state index in [0.717, 1.165) is 0 Å². The molecule has 6 N–H and O–H groups in total. The van der Waals surface area contributed by atoms with Crippen LogP contribution in [-0.4, -0.2) is 34.3 Å². The summed E-state index contributed by atoms with van der Waals surface area (Å²) in [6.45, 7) is 0.515. The first-order chi connectivity index (χ1) is 6.71. The highest BCUT2D eigenvalue weighted by Crippen LogP contribution is 2.69. The third-order valence-corrected chi connectivity index (χ3v) is 6.52. The number of hydrogen-bond acceptors (Lipinski definition) is 3. The molecule has 0 rings (SSSR count). The molecule has 0 aliphatic rings. The molecule has 0 aliphatic carbocycles. The van der Waals surface area contributed by atoms with Crippen LogP contribution in [0.15, 0.2) is 11.9 Å². The van der Waals surface area contributed by atoms with Crippen LogP contribution in [-0.2, 0) is 13.7 Å². The van der Waals surface area contributed by atoms with Crippen molar-refractivity contribution >= 4 is 22.8 Å². The molecular formula is C4H11O9P3. The summed E-state index contributed by atoms with van der Waals surface area (Å²) in [6.07, 6.45) is 0.148. The molecule has 0 radical (unpaired) electrons. The number of allylic oxidation sites excluding steroid dienone is 1. The summed E-state index contributed by atoms with van der Waals surface area (Å²) in [5.41, 5.74) is 0. The normalized spacial score (nSPS) is 15.7. The second kappa shape index (κ2) is 4.46. The van der Waals surface area contributed by atoms with E-state index < -0.39 is 27.7 Å². The molecule has 9 nitrogen and oxygen atoms in total. The molecule has 96 valence electrons. The predicted octanol–water partition coefficient (Wildman–Crippen LogP) is -0.251. The van der Waals surface area contributed by atoms with E-state index in [4.69, 9.17) is 29.4 Å². The number of rotatable bonds is 4. The molecule has 0 saturated carbocycles. The summed E-state index contributed by atoms with van der Waals surface area (Å²) < 4.78 is 32.3. The van der Waals surface area contributed by atoms with Crippen LogP contribution in [0.4, 0.5) is 0 Å². The van der Waals surface area contributed by atoms with Crippen molar-refractivity contribution in [2.24, 2.45) is 0 Å². The van der Waals surface area contributed by atoms with Crippen molar-refractivity contribution in [3.8, 4) is 0 Å². The third-order valence-electron chi connectivity index (χ3n) is 1.76. The Morgan fingerprint density at radius 2 is 1.19 bits per heavy atom. The third kappa shape index (κ3) is 3.89. The Kier molecular flexibility index (Phi) is 4.51. The highest BCUT2D eigenvalue weighted by molar-refractivity contribution is 7.72. The van der Waals surface area contributed by atoms with Crippen molar-refractivity contribution in [3.05, 3.63) is 11.9 Å². The average molecular weight is 296 g/mol. The Morgan fingerprint density at radius 3 is 1.38 bits per heavy atom. The van der Waals surface area contributed by atoms with E-state index in [1.54, 1.807) is 0 Å². The minimum atomic E-state index is -5.29. The topological polar surface area (TPSA) is 173 Å². The first-order valence-electron chi connectivity index (χ1n) is 3.58. The zero-order valence-electron chi connectivity index (χ0n) is 7.90. The smallest absolute Gasteiger partial charge is 0.323 e. The van der Waals surface area contributed by atoms with Crippen molar-refractivity contribution < 1.29 is 43.1 Å².